The highest BCUT2D eigenvalue weighted by Gasteiger charge is 2.24. The lowest BCUT2D eigenvalue weighted by Gasteiger charge is -2.21. The molecule has 1 aliphatic rings. The molecule has 2 rings (SSSR count). The molecule has 0 spiro atoms. The van der Waals surface area contributed by atoms with E-state index in [2.05, 4.69) is 5.32 Å². The molecule has 1 fully saturated rings. The predicted molar refractivity (Wildman–Crippen MR) is 77.0 cm³/mol. The molecule has 1 N–H and O–H groups in total. The van der Waals surface area contributed by atoms with Gasteiger partial charge in [0.1, 0.15) is 10.6 Å². The molecule has 6 heteroatoms. The molecule has 1 amide bonds. The summed E-state index contributed by atoms with van der Waals surface area (Å²) in [7, 11) is 0. The molecule has 20 heavy (non-hydrogen) atoms. The van der Waals surface area contributed by atoms with E-state index in [1.807, 2.05) is 0 Å². The number of nitro groups is 1. The quantitative estimate of drug-likeness (QED) is 0.682. The van der Waals surface area contributed by atoms with Crippen LogP contribution in [-0.2, 0) is 0 Å². The largest absolute Gasteiger partial charge is 0.352 e. The van der Waals surface area contributed by atoms with Gasteiger partial charge in [0.15, 0.2) is 0 Å². The van der Waals surface area contributed by atoms with Crippen LogP contribution in [0.3, 0.4) is 0 Å². The van der Waals surface area contributed by atoms with Crippen molar-refractivity contribution in [2.45, 2.75) is 32.1 Å². The summed E-state index contributed by atoms with van der Waals surface area (Å²) in [6, 6.07) is 4.39. The number of rotatable bonds is 4. The maximum atomic E-state index is 12.1. The average Bonchev–Trinajstić information content (AvgIpc) is 2.45. The average molecular weight is 297 g/mol. The molecule has 1 saturated carbocycles. The van der Waals surface area contributed by atoms with Crippen LogP contribution in [0.4, 0.5) is 5.69 Å². The van der Waals surface area contributed by atoms with Crippen LogP contribution < -0.4 is 5.32 Å². The van der Waals surface area contributed by atoms with Crippen molar-refractivity contribution in [2.75, 3.05) is 6.54 Å². The Bertz CT molecular complexity index is 513. The third kappa shape index (κ3) is 3.48. The Balaban J connectivity index is 2.05. The van der Waals surface area contributed by atoms with Crippen molar-refractivity contribution in [3.05, 3.63) is 38.9 Å². The minimum absolute atomic E-state index is 0.0136. The zero-order valence-corrected chi connectivity index (χ0v) is 11.9. The normalized spacial score (nSPS) is 15.8. The molecule has 0 saturated heterocycles. The van der Waals surface area contributed by atoms with Gasteiger partial charge in [-0.3, -0.25) is 14.9 Å². The van der Waals surface area contributed by atoms with Crippen molar-refractivity contribution in [3.8, 4) is 0 Å². The van der Waals surface area contributed by atoms with Crippen molar-refractivity contribution in [1.29, 1.82) is 0 Å². The van der Waals surface area contributed by atoms with Crippen LogP contribution in [0, 0.1) is 16.0 Å². The summed E-state index contributed by atoms with van der Waals surface area (Å²) >= 11 is 5.80. The number of nitro benzene ring substituents is 1. The number of carbonyl (C=O) groups is 1. The monoisotopic (exact) mass is 296 g/mol. The Morgan fingerprint density at radius 1 is 1.35 bits per heavy atom. The highest BCUT2D eigenvalue weighted by molar-refractivity contribution is 6.33. The van der Waals surface area contributed by atoms with Gasteiger partial charge in [0.25, 0.3) is 5.91 Å². The van der Waals surface area contributed by atoms with E-state index in [0.29, 0.717) is 12.5 Å². The van der Waals surface area contributed by atoms with Gasteiger partial charge in [-0.1, -0.05) is 36.9 Å². The van der Waals surface area contributed by atoms with E-state index in [-0.39, 0.29) is 16.3 Å². The van der Waals surface area contributed by atoms with Crippen LogP contribution in [0.15, 0.2) is 18.2 Å². The Labute approximate surface area is 122 Å². The number of halogens is 1. The number of nitrogens with zero attached hydrogens (tertiary/aromatic N) is 1. The van der Waals surface area contributed by atoms with Gasteiger partial charge < -0.3 is 5.32 Å². The first-order valence-corrected chi connectivity index (χ1v) is 7.18. The molecule has 108 valence electrons. The zero-order chi connectivity index (χ0) is 14.5. The van der Waals surface area contributed by atoms with Crippen molar-refractivity contribution in [3.63, 3.8) is 0 Å². The molecule has 0 aliphatic heterocycles. The van der Waals surface area contributed by atoms with Crippen LogP contribution in [0.5, 0.6) is 0 Å². The molecule has 0 unspecified atom stereocenters. The van der Waals surface area contributed by atoms with Gasteiger partial charge in [-0.25, -0.2) is 0 Å². The van der Waals surface area contributed by atoms with Gasteiger partial charge in [0.05, 0.1) is 4.92 Å². The first-order valence-electron chi connectivity index (χ1n) is 6.80. The van der Waals surface area contributed by atoms with Crippen molar-refractivity contribution >= 4 is 23.2 Å². The van der Waals surface area contributed by atoms with Gasteiger partial charge >= 0.3 is 5.69 Å². The smallest absolute Gasteiger partial charge is 0.300 e. The van der Waals surface area contributed by atoms with Crippen LogP contribution in [0.1, 0.15) is 42.5 Å². The van der Waals surface area contributed by atoms with E-state index < -0.39 is 10.8 Å². The van der Waals surface area contributed by atoms with Crippen LogP contribution in [-0.4, -0.2) is 17.4 Å². The van der Waals surface area contributed by atoms with E-state index in [0.717, 1.165) is 12.8 Å². The minimum atomic E-state index is -0.613. The minimum Gasteiger partial charge on any atom is -0.352 e. The van der Waals surface area contributed by atoms with E-state index in [4.69, 9.17) is 11.6 Å². The lowest BCUT2D eigenvalue weighted by Crippen LogP contribution is -2.30. The third-order valence-electron chi connectivity index (χ3n) is 3.69. The summed E-state index contributed by atoms with van der Waals surface area (Å²) in [4.78, 5) is 22.5. The Morgan fingerprint density at radius 3 is 2.70 bits per heavy atom. The second-order valence-electron chi connectivity index (χ2n) is 5.11. The first-order chi connectivity index (χ1) is 9.59. The van der Waals surface area contributed by atoms with Gasteiger partial charge in [-0.2, -0.15) is 0 Å². The molecule has 0 aromatic heterocycles. The molecule has 1 aromatic carbocycles. The number of nitrogens with one attached hydrogen (secondary N) is 1. The second-order valence-corrected chi connectivity index (χ2v) is 5.51. The van der Waals surface area contributed by atoms with Crippen LogP contribution in [0.2, 0.25) is 5.02 Å². The predicted octanol–water partition coefficient (Wildman–Crippen LogP) is 3.56. The van der Waals surface area contributed by atoms with Crippen molar-refractivity contribution < 1.29 is 9.72 Å². The lowest BCUT2D eigenvalue weighted by molar-refractivity contribution is -0.385. The maximum Gasteiger partial charge on any atom is 0.300 e. The summed E-state index contributed by atoms with van der Waals surface area (Å²) in [5.41, 5.74) is -0.298. The van der Waals surface area contributed by atoms with E-state index in [1.54, 1.807) is 6.07 Å². The lowest BCUT2D eigenvalue weighted by atomic mass is 9.89. The fraction of sp³-hybridized carbons (Fsp3) is 0.500. The molecular weight excluding hydrogens is 280 g/mol. The van der Waals surface area contributed by atoms with E-state index in [1.165, 1.54) is 31.4 Å². The van der Waals surface area contributed by atoms with E-state index >= 15 is 0 Å². The fourth-order valence-electron chi connectivity index (χ4n) is 2.61. The number of hydrogen-bond donors (Lipinski definition) is 1. The summed E-state index contributed by atoms with van der Waals surface area (Å²) in [6.07, 6.45) is 5.86. The fourth-order valence-corrected chi connectivity index (χ4v) is 2.85. The molecule has 5 nitrogen and oxygen atoms in total. The number of amides is 1. The highest BCUT2D eigenvalue weighted by Crippen LogP contribution is 2.28. The van der Waals surface area contributed by atoms with Crippen molar-refractivity contribution in [2.24, 2.45) is 5.92 Å². The third-order valence-corrected chi connectivity index (χ3v) is 4.00. The topological polar surface area (TPSA) is 72.2 Å². The van der Waals surface area contributed by atoms with Gasteiger partial charge in [-0.05, 0) is 30.9 Å². The summed E-state index contributed by atoms with van der Waals surface area (Å²) < 4.78 is 0. The maximum absolute atomic E-state index is 12.1. The number of carbonyl (C=O) groups excluding carboxylic acids is 1. The van der Waals surface area contributed by atoms with Gasteiger partial charge in [0, 0.05) is 6.54 Å². The SMILES string of the molecule is O=C(NCC1CCCCC1)c1cccc(Cl)c1[N+](=O)[O-]. The highest BCUT2D eigenvalue weighted by atomic mass is 35.5. The molecule has 0 atom stereocenters. The number of hydrogen-bond acceptors (Lipinski definition) is 3. The number of para-hydroxylation sites is 1. The van der Waals surface area contributed by atoms with Crippen molar-refractivity contribution in [1.82, 2.24) is 5.32 Å². The Kier molecular flexibility index (Phi) is 4.95. The molecule has 0 bridgehead atoms. The first kappa shape index (κ1) is 14.8. The van der Waals surface area contributed by atoms with Crippen LogP contribution >= 0.6 is 11.6 Å². The Hall–Kier alpha value is -1.62. The van der Waals surface area contributed by atoms with Gasteiger partial charge in [-0.15, -0.1) is 0 Å². The summed E-state index contributed by atoms with van der Waals surface area (Å²) in [5.74, 6) is 0.0516. The molecule has 0 radical (unpaired) electrons. The Morgan fingerprint density at radius 2 is 2.05 bits per heavy atom. The van der Waals surface area contributed by atoms with Crippen LogP contribution in [0.25, 0.3) is 0 Å². The standard InChI is InChI=1S/C14H17ClN2O3/c15-12-8-4-7-11(13(12)17(19)20)14(18)16-9-10-5-2-1-3-6-10/h4,7-8,10H,1-3,5-6,9H2,(H,16,18). The summed E-state index contributed by atoms with van der Waals surface area (Å²) in [5, 5.41) is 13.8. The molecule has 1 aromatic rings. The number of benzene rings is 1. The van der Waals surface area contributed by atoms with Gasteiger partial charge in [0.2, 0.25) is 0 Å². The second kappa shape index (κ2) is 6.70. The molecular formula is C14H17ClN2O3. The zero-order valence-electron chi connectivity index (χ0n) is 11.1. The molecule has 0 heterocycles. The summed E-state index contributed by atoms with van der Waals surface area (Å²) in [6.45, 7) is 0.572. The molecule has 1 aliphatic carbocycles. The van der Waals surface area contributed by atoms with E-state index in [9.17, 15) is 14.9 Å².